The fraction of sp³-hybridized carbons (Fsp3) is 0.400. The third-order valence-electron chi connectivity index (χ3n) is 3.51. The number of nitrogens with zero attached hydrogens (tertiary/aromatic N) is 2. The van der Waals surface area contributed by atoms with Crippen LogP contribution >= 0.6 is 0 Å². The zero-order chi connectivity index (χ0) is 17.3. The first-order valence-corrected chi connectivity index (χ1v) is 7.01. The summed E-state index contributed by atoms with van der Waals surface area (Å²) in [7, 11) is 2.89. The second-order valence-electron chi connectivity index (χ2n) is 5.33. The molecule has 0 bridgehead atoms. The predicted octanol–water partition coefficient (Wildman–Crippen LogP) is 0.247. The van der Waals surface area contributed by atoms with E-state index in [9.17, 15) is 14.4 Å². The van der Waals surface area contributed by atoms with Gasteiger partial charge < -0.3 is 15.2 Å². The lowest BCUT2D eigenvalue weighted by Crippen LogP contribution is -2.42. The van der Waals surface area contributed by atoms with Crippen LogP contribution < -0.4 is 26.5 Å². The first-order chi connectivity index (χ1) is 10.8. The normalized spacial score (nSPS) is 11.0. The number of hydrogen-bond donors (Lipinski definition) is 1. The number of methoxy groups -OCH3 is 2. The van der Waals surface area contributed by atoms with E-state index < -0.39 is 17.2 Å². The van der Waals surface area contributed by atoms with Gasteiger partial charge in [-0.1, -0.05) is 0 Å². The van der Waals surface area contributed by atoms with Gasteiger partial charge in [-0.15, -0.1) is 0 Å². The fourth-order valence-corrected chi connectivity index (χ4v) is 2.48. The first kappa shape index (κ1) is 16.6. The van der Waals surface area contributed by atoms with E-state index in [4.69, 9.17) is 15.2 Å². The lowest BCUT2D eigenvalue weighted by Gasteiger charge is -2.17. The number of rotatable bonds is 5. The molecule has 0 spiro atoms. The Morgan fingerprint density at radius 1 is 1.17 bits per heavy atom. The summed E-state index contributed by atoms with van der Waals surface area (Å²) in [5.41, 5.74) is 4.45. The van der Waals surface area contributed by atoms with Crippen LogP contribution in [0.4, 0.5) is 0 Å². The molecular formula is C15H19N3O5. The third-order valence-corrected chi connectivity index (χ3v) is 3.51. The number of nitrogens with two attached hydrogens (primary N) is 1. The number of fused-ring (bicyclic) bond motifs is 1. The van der Waals surface area contributed by atoms with Gasteiger partial charge in [0.15, 0.2) is 11.5 Å². The Morgan fingerprint density at radius 2 is 1.74 bits per heavy atom. The first-order valence-electron chi connectivity index (χ1n) is 7.01. The van der Waals surface area contributed by atoms with Crippen LogP contribution in [0.3, 0.4) is 0 Å². The SMILES string of the molecule is COc1cc2c(=O)n(C(C)C)c(=O)n(CC(N)=O)c2cc1OC. The van der Waals surface area contributed by atoms with E-state index in [-0.39, 0.29) is 23.5 Å². The van der Waals surface area contributed by atoms with Crippen molar-refractivity contribution in [3.05, 3.63) is 33.0 Å². The van der Waals surface area contributed by atoms with Crippen LogP contribution in [0.2, 0.25) is 0 Å². The topological polar surface area (TPSA) is 106 Å². The highest BCUT2D eigenvalue weighted by Crippen LogP contribution is 2.30. The van der Waals surface area contributed by atoms with Crippen LogP contribution in [0.1, 0.15) is 19.9 Å². The van der Waals surface area contributed by atoms with Gasteiger partial charge in [-0.3, -0.25) is 18.7 Å². The number of aromatic nitrogens is 2. The Hall–Kier alpha value is -2.77. The number of carbonyl (C=O) groups excluding carboxylic acids is 1. The molecule has 1 aromatic heterocycles. The van der Waals surface area contributed by atoms with E-state index in [1.165, 1.54) is 30.9 Å². The summed E-state index contributed by atoms with van der Waals surface area (Å²) < 4.78 is 12.6. The molecule has 0 fully saturated rings. The van der Waals surface area contributed by atoms with Crippen LogP contribution in [-0.4, -0.2) is 29.3 Å². The van der Waals surface area contributed by atoms with Gasteiger partial charge in [0.1, 0.15) is 6.54 Å². The van der Waals surface area contributed by atoms with Crippen molar-refractivity contribution in [2.45, 2.75) is 26.4 Å². The van der Waals surface area contributed by atoms with E-state index in [1.54, 1.807) is 13.8 Å². The molecule has 2 aromatic rings. The van der Waals surface area contributed by atoms with Crippen molar-refractivity contribution < 1.29 is 14.3 Å². The molecule has 124 valence electrons. The van der Waals surface area contributed by atoms with E-state index in [0.29, 0.717) is 11.5 Å². The molecule has 0 aliphatic carbocycles. The molecule has 0 radical (unpaired) electrons. The van der Waals surface area contributed by atoms with E-state index >= 15 is 0 Å². The molecule has 1 amide bonds. The molecule has 0 atom stereocenters. The highest BCUT2D eigenvalue weighted by molar-refractivity contribution is 5.84. The smallest absolute Gasteiger partial charge is 0.332 e. The van der Waals surface area contributed by atoms with Crippen molar-refractivity contribution in [3.8, 4) is 11.5 Å². The number of ether oxygens (including phenoxy) is 2. The number of carbonyl (C=O) groups is 1. The molecule has 0 aliphatic heterocycles. The van der Waals surface area contributed by atoms with Crippen LogP contribution in [0.25, 0.3) is 10.9 Å². The number of primary amides is 1. The maximum Gasteiger partial charge on any atom is 0.332 e. The molecule has 23 heavy (non-hydrogen) atoms. The highest BCUT2D eigenvalue weighted by atomic mass is 16.5. The highest BCUT2D eigenvalue weighted by Gasteiger charge is 2.19. The van der Waals surface area contributed by atoms with Crippen molar-refractivity contribution in [1.29, 1.82) is 0 Å². The molecule has 0 saturated heterocycles. The average Bonchev–Trinajstić information content (AvgIpc) is 2.49. The molecule has 2 rings (SSSR count). The molecule has 0 saturated carbocycles. The Kier molecular flexibility index (Phi) is 4.44. The zero-order valence-electron chi connectivity index (χ0n) is 13.5. The molecule has 0 unspecified atom stereocenters. The van der Waals surface area contributed by atoms with Gasteiger partial charge in [0.2, 0.25) is 5.91 Å². The minimum Gasteiger partial charge on any atom is -0.493 e. The zero-order valence-corrected chi connectivity index (χ0v) is 13.5. The summed E-state index contributed by atoms with van der Waals surface area (Å²) in [5.74, 6) is 0.0214. The maximum absolute atomic E-state index is 12.6. The number of hydrogen-bond acceptors (Lipinski definition) is 5. The minimum absolute atomic E-state index is 0.247. The van der Waals surface area contributed by atoms with Crippen molar-refractivity contribution >= 4 is 16.8 Å². The molecule has 0 aliphatic rings. The van der Waals surface area contributed by atoms with Crippen molar-refractivity contribution in [3.63, 3.8) is 0 Å². The summed E-state index contributed by atoms with van der Waals surface area (Å²) in [6, 6.07) is 2.61. The van der Waals surface area contributed by atoms with E-state index in [0.717, 1.165) is 4.57 Å². The van der Waals surface area contributed by atoms with Gasteiger partial charge in [-0.05, 0) is 19.9 Å². The Labute approximate surface area is 132 Å². The van der Waals surface area contributed by atoms with Gasteiger partial charge in [0, 0.05) is 12.1 Å². The Bertz CT molecular complexity index is 879. The monoisotopic (exact) mass is 321 g/mol. The second kappa shape index (κ2) is 6.15. The molecule has 1 aromatic carbocycles. The molecule has 1 heterocycles. The molecule has 8 heteroatoms. The van der Waals surface area contributed by atoms with Gasteiger partial charge in [0.05, 0.1) is 25.1 Å². The van der Waals surface area contributed by atoms with Crippen LogP contribution in [0.5, 0.6) is 11.5 Å². The Morgan fingerprint density at radius 3 is 2.22 bits per heavy atom. The lowest BCUT2D eigenvalue weighted by atomic mass is 10.2. The van der Waals surface area contributed by atoms with Gasteiger partial charge in [-0.2, -0.15) is 0 Å². The standard InChI is InChI=1S/C15H19N3O5/c1-8(2)18-14(20)9-5-11(22-3)12(23-4)6-10(9)17(15(18)21)7-13(16)19/h5-6,8H,7H2,1-4H3,(H2,16,19). The summed E-state index contributed by atoms with van der Waals surface area (Å²) in [6.07, 6.45) is 0. The quantitative estimate of drug-likeness (QED) is 0.849. The van der Waals surface area contributed by atoms with Crippen LogP contribution in [0.15, 0.2) is 21.7 Å². The maximum atomic E-state index is 12.6. The van der Waals surface area contributed by atoms with Gasteiger partial charge in [-0.25, -0.2) is 4.79 Å². The molecule has 2 N–H and O–H groups in total. The van der Waals surface area contributed by atoms with Crippen LogP contribution in [0, 0.1) is 0 Å². The van der Waals surface area contributed by atoms with Gasteiger partial charge >= 0.3 is 5.69 Å². The van der Waals surface area contributed by atoms with Crippen molar-refractivity contribution in [2.24, 2.45) is 5.73 Å². The molecular weight excluding hydrogens is 302 g/mol. The molecule has 8 nitrogen and oxygen atoms in total. The minimum atomic E-state index is -0.683. The van der Waals surface area contributed by atoms with E-state index in [2.05, 4.69) is 0 Å². The van der Waals surface area contributed by atoms with Crippen molar-refractivity contribution in [2.75, 3.05) is 14.2 Å². The lowest BCUT2D eigenvalue weighted by molar-refractivity contribution is -0.118. The Balaban J connectivity index is 3.02. The summed E-state index contributed by atoms with van der Waals surface area (Å²) in [4.78, 5) is 36.5. The summed E-state index contributed by atoms with van der Waals surface area (Å²) in [6.45, 7) is 3.09. The van der Waals surface area contributed by atoms with Gasteiger partial charge in [0.25, 0.3) is 5.56 Å². The number of benzene rings is 1. The average molecular weight is 321 g/mol. The van der Waals surface area contributed by atoms with E-state index in [1.807, 2.05) is 0 Å². The fourth-order valence-electron chi connectivity index (χ4n) is 2.48. The summed E-state index contributed by atoms with van der Waals surface area (Å²) >= 11 is 0. The predicted molar refractivity (Wildman–Crippen MR) is 85.2 cm³/mol. The summed E-state index contributed by atoms with van der Waals surface area (Å²) in [5, 5.41) is 0.247. The van der Waals surface area contributed by atoms with Crippen molar-refractivity contribution in [1.82, 2.24) is 9.13 Å². The largest absolute Gasteiger partial charge is 0.493 e. The number of amides is 1. The second-order valence-corrected chi connectivity index (χ2v) is 5.33. The third kappa shape index (κ3) is 2.79. The van der Waals surface area contributed by atoms with Crippen LogP contribution in [-0.2, 0) is 11.3 Å².